The first kappa shape index (κ1) is 18.1. The number of ether oxygens (including phenoxy) is 1. The molecule has 0 saturated carbocycles. The van der Waals surface area contributed by atoms with Gasteiger partial charge in [-0.1, -0.05) is 48.5 Å². The van der Waals surface area contributed by atoms with Gasteiger partial charge >= 0.3 is 0 Å². The van der Waals surface area contributed by atoms with Crippen molar-refractivity contribution < 1.29 is 14.6 Å². The quantitative estimate of drug-likeness (QED) is 0.428. The minimum atomic E-state index is -0.690. The van der Waals surface area contributed by atoms with E-state index in [2.05, 4.69) is 5.32 Å². The van der Waals surface area contributed by atoms with Crippen LogP contribution >= 0.6 is 0 Å². The van der Waals surface area contributed by atoms with E-state index in [0.29, 0.717) is 17.8 Å². The summed E-state index contributed by atoms with van der Waals surface area (Å²) in [4.78, 5) is 11.5. The lowest BCUT2D eigenvalue weighted by Crippen LogP contribution is -2.14. The molecule has 0 bridgehead atoms. The van der Waals surface area contributed by atoms with E-state index in [1.165, 1.54) is 0 Å². The molecular weight excluding hydrogens is 340 g/mol. The molecule has 3 aromatic carbocycles. The number of primary amides is 1. The summed E-state index contributed by atoms with van der Waals surface area (Å²) in [5, 5.41) is 12.6. The SMILES string of the molecule is NC(=O)/C(=C\O)c1ccccc1NCc1cccc(Oc2ccccc2)c1. The lowest BCUT2D eigenvalue weighted by molar-refractivity contribution is -0.112. The lowest BCUT2D eigenvalue weighted by Gasteiger charge is -2.13. The summed E-state index contributed by atoms with van der Waals surface area (Å²) in [7, 11) is 0. The molecule has 5 heteroatoms. The molecule has 27 heavy (non-hydrogen) atoms. The van der Waals surface area contributed by atoms with E-state index in [1.807, 2.05) is 66.7 Å². The van der Waals surface area contributed by atoms with E-state index in [-0.39, 0.29) is 5.57 Å². The summed E-state index contributed by atoms with van der Waals surface area (Å²) in [6, 6.07) is 24.5. The number of hydrogen-bond donors (Lipinski definition) is 3. The third-order valence-electron chi connectivity index (χ3n) is 3.97. The van der Waals surface area contributed by atoms with Crippen molar-refractivity contribution in [3.05, 3.63) is 96.3 Å². The number of anilines is 1. The molecule has 0 spiro atoms. The van der Waals surface area contributed by atoms with Crippen LogP contribution in [-0.4, -0.2) is 11.0 Å². The normalized spacial score (nSPS) is 11.0. The van der Waals surface area contributed by atoms with Gasteiger partial charge in [-0.05, 0) is 35.9 Å². The van der Waals surface area contributed by atoms with Crippen molar-refractivity contribution >= 4 is 17.2 Å². The minimum Gasteiger partial charge on any atom is -0.515 e. The van der Waals surface area contributed by atoms with Crippen LogP contribution in [0.2, 0.25) is 0 Å². The Hall–Kier alpha value is -3.73. The first-order valence-electron chi connectivity index (χ1n) is 8.46. The maximum atomic E-state index is 11.5. The second kappa shape index (κ2) is 8.58. The van der Waals surface area contributed by atoms with Crippen LogP contribution in [0.3, 0.4) is 0 Å². The van der Waals surface area contributed by atoms with Crippen LogP contribution in [0.25, 0.3) is 5.57 Å². The van der Waals surface area contributed by atoms with Gasteiger partial charge in [0.05, 0.1) is 11.8 Å². The van der Waals surface area contributed by atoms with E-state index in [9.17, 15) is 9.90 Å². The Kier molecular flexibility index (Phi) is 5.74. The second-order valence-corrected chi connectivity index (χ2v) is 5.87. The number of carbonyl (C=O) groups is 1. The second-order valence-electron chi connectivity index (χ2n) is 5.87. The zero-order valence-electron chi connectivity index (χ0n) is 14.6. The summed E-state index contributed by atoms with van der Waals surface area (Å²) in [5.41, 5.74) is 7.64. The van der Waals surface area contributed by atoms with Crippen molar-refractivity contribution in [2.75, 3.05) is 5.32 Å². The molecule has 0 saturated heterocycles. The number of benzene rings is 3. The Balaban J connectivity index is 1.74. The highest BCUT2D eigenvalue weighted by molar-refractivity contribution is 6.19. The van der Waals surface area contributed by atoms with Gasteiger partial charge in [-0.2, -0.15) is 0 Å². The van der Waals surface area contributed by atoms with Crippen LogP contribution in [0.1, 0.15) is 11.1 Å². The van der Waals surface area contributed by atoms with Gasteiger partial charge in [0.15, 0.2) is 0 Å². The maximum absolute atomic E-state index is 11.5. The molecule has 1 amide bonds. The van der Waals surface area contributed by atoms with Crippen LogP contribution in [0.15, 0.2) is 85.1 Å². The number of carbonyl (C=O) groups excluding carboxylic acids is 1. The van der Waals surface area contributed by atoms with Gasteiger partial charge in [-0.3, -0.25) is 4.79 Å². The van der Waals surface area contributed by atoms with Gasteiger partial charge in [0.1, 0.15) is 11.5 Å². The molecule has 0 atom stereocenters. The molecule has 3 rings (SSSR count). The Bertz CT molecular complexity index is 953. The number of hydrogen-bond acceptors (Lipinski definition) is 4. The molecule has 0 aromatic heterocycles. The van der Waals surface area contributed by atoms with E-state index in [4.69, 9.17) is 10.5 Å². The Labute approximate surface area is 157 Å². The topological polar surface area (TPSA) is 84.6 Å². The maximum Gasteiger partial charge on any atom is 0.252 e. The number of amides is 1. The predicted molar refractivity (Wildman–Crippen MR) is 107 cm³/mol. The summed E-state index contributed by atoms with van der Waals surface area (Å²) in [6.07, 6.45) is 0.733. The Morgan fingerprint density at radius 1 is 0.963 bits per heavy atom. The average Bonchev–Trinajstić information content (AvgIpc) is 2.69. The monoisotopic (exact) mass is 360 g/mol. The minimum absolute atomic E-state index is 0.0549. The molecule has 0 radical (unpaired) electrons. The van der Waals surface area contributed by atoms with Crippen LogP contribution in [0, 0.1) is 0 Å². The smallest absolute Gasteiger partial charge is 0.252 e. The zero-order valence-corrected chi connectivity index (χ0v) is 14.6. The number of para-hydroxylation sites is 2. The molecule has 5 nitrogen and oxygen atoms in total. The Morgan fingerprint density at radius 3 is 2.41 bits per heavy atom. The van der Waals surface area contributed by atoms with Crippen LogP contribution < -0.4 is 15.8 Å². The summed E-state index contributed by atoms with van der Waals surface area (Å²) in [5.74, 6) is 0.819. The summed E-state index contributed by atoms with van der Waals surface area (Å²) in [6.45, 7) is 0.514. The van der Waals surface area contributed by atoms with E-state index in [0.717, 1.165) is 23.3 Å². The van der Waals surface area contributed by atoms with Crippen molar-refractivity contribution in [3.8, 4) is 11.5 Å². The molecule has 4 N–H and O–H groups in total. The molecule has 0 heterocycles. The molecular formula is C22H20N2O3. The molecule has 136 valence electrons. The van der Waals surface area contributed by atoms with Gasteiger partial charge in [-0.15, -0.1) is 0 Å². The van der Waals surface area contributed by atoms with E-state index < -0.39 is 5.91 Å². The molecule has 0 fully saturated rings. The standard InChI is InChI=1S/C22H20N2O3/c23-22(26)20(15-25)19-11-4-5-12-21(19)24-14-16-7-6-10-18(13-16)27-17-8-2-1-3-9-17/h1-13,15,24-25H,14H2,(H2,23,26)/b20-15-. The number of aliphatic hydroxyl groups is 1. The van der Waals surface area contributed by atoms with Crippen LogP contribution in [-0.2, 0) is 11.3 Å². The van der Waals surface area contributed by atoms with Crippen molar-refractivity contribution in [3.63, 3.8) is 0 Å². The molecule has 0 aliphatic rings. The van der Waals surface area contributed by atoms with Crippen molar-refractivity contribution in [2.24, 2.45) is 5.73 Å². The van der Waals surface area contributed by atoms with Gasteiger partial charge in [0.25, 0.3) is 5.91 Å². The largest absolute Gasteiger partial charge is 0.515 e. The number of rotatable bonds is 7. The summed E-state index contributed by atoms with van der Waals surface area (Å²) >= 11 is 0. The zero-order chi connectivity index (χ0) is 19.1. The van der Waals surface area contributed by atoms with Gasteiger partial charge < -0.3 is 20.9 Å². The number of nitrogens with two attached hydrogens (primary N) is 1. The third kappa shape index (κ3) is 4.67. The number of nitrogens with one attached hydrogen (secondary N) is 1. The van der Waals surface area contributed by atoms with Gasteiger partial charge in [0, 0.05) is 17.8 Å². The summed E-state index contributed by atoms with van der Waals surface area (Å²) < 4.78 is 5.85. The fraction of sp³-hybridized carbons (Fsp3) is 0.0455. The molecule has 0 aliphatic heterocycles. The van der Waals surface area contributed by atoms with Crippen LogP contribution in [0.4, 0.5) is 5.69 Å². The third-order valence-corrected chi connectivity index (χ3v) is 3.97. The Morgan fingerprint density at radius 2 is 1.67 bits per heavy atom. The van der Waals surface area contributed by atoms with E-state index >= 15 is 0 Å². The van der Waals surface area contributed by atoms with Crippen molar-refractivity contribution in [2.45, 2.75) is 6.54 Å². The molecule has 0 aliphatic carbocycles. The van der Waals surface area contributed by atoms with Crippen molar-refractivity contribution in [1.82, 2.24) is 0 Å². The highest BCUT2D eigenvalue weighted by atomic mass is 16.5. The molecule has 3 aromatic rings. The first-order chi connectivity index (χ1) is 13.2. The number of aliphatic hydroxyl groups excluding tert-OH is 1. The fourth-order valence-corrected chi connectivity index (χ4v) is 2.68. The van der Waals surface area contributed by atoms with Crippen LogP contribution in [0.5, 0.6) is 11.5 Å². The first-order valence-corrected chi connectivity index (χ1v) is 8.46. The van der Waals surface area contributed by atoms with Gasteiger partial charge in [-0.25, -0.2) is 0 Å². The predicted octanol–water partition coefficient (Wildman–Crippen LogP) is 4.48. The highest BCUT2D eigenvalue weighted by Crippen LogP contribution is 2.25. The van der Waals surface area contributed by atoms with E-state index in [1.54, 1.807) is 12.1 Å². The van der Waals surface area contributed by atoms with Crippen molar-refractivity contribution in [1.29, 1.82) is 0 Å². The molecule has 0 unspecified atom stereocenters. The highest BCUT2D eigenvalue weighted by Gasteiger charge is 2.12. The average molecular weight is 360 g/mol. The lowest BCUT2D eigenvalue weighted by atomic mass is 10.0. The fourth-order valence-electron chi connectivity index (χ4n) is 2.68. The van der Waals surface area contributed by atoms with Gasteiger partial charge in [0.2, 0.25) is 0 Å².